The van der Waals surface area contributed by atoms with E-state index in [9.17, 15) is 24.0 Å². The van der Waals surface area contributed by atoms with Crippen molar-refractivity contribution >= 4 is 29.4 Å². The monoisotopic (exact) mass is 461 g/mol. The topological polar surface area (TPSA) is 201 Å². The predicted molar refractivity (Wildman–Crippen MR) is 113 cm³/mol. The molecule has 13 nitrogen and oxygen atoms in total. The van der Waals surface area contributed by atoms with Gasteiger partial charge in [0.05, 0.1) is 26.4 Å². The number of nitrogens with one attached hydrogen (secondary N) is 3. The van der Waals surface area contributed by atoms with Crippen molar-refractivity contribution in [2.75, 3.05) is 52.7 Å². The number of hydrogen-bond acceptors (Lipinski definition) is 9. The van der Waals surface area contributed by atoms with E-state index in [0.717, 1.165) is 13.3 Å². The summed E-state index contributed by atoms with van der Waals surface area (Å²) in [5, 5.41) is 6.77. The number of carbonyl (C=O) groups excluding carboxylic acids is 5. The molecule has 4 amide bonds. The van der Waals surface area contributed by atoms with Gasteiger partial charge in [-0.3, -0.25) is 24.0 Å². The molecule has 1 unspecified atom stereocenters. The summed E-state index contributed by atoms with van der Waals surface area (Å²) in [5.41, 5.74) is 10.4. The fourth-order valence-electron chi connectivity index (χ4n) is 2.09. The Bertz CT molecular complexity index is 602. The van der Waals surface area contributed by atoms with E-state index >= 15 is 0 Å². The maximum atomic E-state index is 11.8. The van der Waals surface area contributed by atoms with Crippen molar-refractivity contribution in [3.63, 3.8) is 0 Å². The maximum absolute atomic E-state index is 11.8. The van der Waals surface area contributed by atoms with E-state index in [2.05, 4.69) is 10.6 Å². The minimum Gasteiger partial charge on any atom is -0.379 e. The summed E-state index contributed by atoms with van der Waals surface area (Å²) in [6.45, 7) is 4.91. The van der Waals surface area contributed by atoms with Crippen molar-refractivity contribution in [2.24, 2.45) is 11.5 Å². The van der Waals surface area contributed by atoms with Gasteiger partial charge in [0.15, 0.2) is 6.17 Å². The average Bonchev–Trinajstić information content (AvgIpc) is 2.74. The molecule has 0 aromatic carbocycles. The van der Waals surface area contributed by atoms with E-state index in [0.29, 0.717) is 59.2 Å². The van der Waals surface area contributed by atoms with Crippen LogP contribution in [0.2, 0.25) is 0 Å². The van der Waals surface area contributed by atoms with Crippen molar-refractivity contribution in [3.05, 3.63) is 0 Å². The maximum Gasteiger partial charge on any atom is 0.289 e. The molecule has 32 heavy (non-hydrogen) atoms. The van der Waals surface area contributed by atoms with Crippen LogP contribution in [0.5, 0.6) is 0 Å². The van der Waals surface area contributed by atoms with Crippen LogP contribution < -0.4 is 27.4 Å². The number of rotatable bonds is 20. The molecule has 0 radical (unpaired) electrons. The summed E-state index contributed by atoms with van der Waals surface area (Å²) in [6, 6.07) is 0. The second-order valence-corrected chi connectivity index (χ2v) is 6.62. The fourth-order valence-corrected chi connectivity index (χ4v) is 2.09. The molecular formula is C19H35N5O8. The summed E-state index contributed by atoms with van der Waals surface area (Å²) >= 11 is 0. The number of Topliss-reactive ketones (excluding diaryl/α,β-unsaturated/α-hetero) is 1. The van der Waals surface area contributed by atoms with Crippen LogP contribution in [0.15, 0.2) is 0 Å². The molecule has 0 fully saturated rings. The highest BCUT2D eigenvalue weighted by Gasteiger charge is 2.22. The first-order valence-corrected chi connectivity index (χ1v) is 10.4. The second-order valence-electron chi connectivity index (χ2n) is 6.62. The summed E-state index contributed by atoms with van der Waals surface area (Å²) in [7, 11) is 0. The Hall–Kier alpha value is -2.61. The largest absolute Gasteiger partial charge is 0.379 e. The first kappa shape index (κ1) is 29.4. The van der Waals surface area contributed by atoms with Crippen molar-refractivity contribution in [3.8, 4) is 0 Å². The summed E-state index contributed by atoms with van der Waals surface area (Å²) in [6.07, 6.45) is -0.479. The molecule has 13 heteroatoms. The fraction of sp³-hybridized carbons (Fsp3) is 0.737. The van der Waals surface area contributed by atoms with Crippen molar-refractivity contribution in [1.82, 2.24) is 16.0 Å². The lowest BCUT2D eigenvalue weighted by Crippen LogP contribution is -2.56. The molecule has 0 aromatic rings. The van der Waals surface area contributed by atoms with Crippen molar-refractivity contribution < 1.29 is 38.2 Å². The van der Waals surface area contributed by atoms with Crippen molar-refractivity contribution in [1.29, 1.82) is 0 Å². The Kier molecular flexibility index (Phi) is 17.5. The SMILES string of the molecule is CC(=O)C(=O)NC(NC(=O)CCC(=O)NCCCOCCOCCOCCCN)C(N)=O. The molecule has 0 bridgehead atoms. The van der Waals surface area contributed by atoms with Gasteiger partial charge >= 0.3 is 0 Å². The molecule has 0 heterocycles. The summed E-state index contributed by atoms with van der Waals surface area (Å²) in [5.74, 6) is -3.99. The Labute approximate surface area is 187 Å². The standard InChI is InChI=1S/C19H35N5O8/c1-14(25)19(29)24-18(17(21)28)23-16(27)5-4-15(26)22-7-3-9-31-11-13-32-12-10-30-8-2-6-20/h18H,2-13,20H2,1H3,(H2,21,28)(H,22,26)(H,23,27)(H,24,29). The van der Waals surface area contributed by atoms with Crippen LogP contribution in [0.4, 0.5) is 0 Å². The van der Waals surface area contributed by atoms with E-state index in [1.807, 2.05) is 5.32 Å². The third kappa shape index (κ3) is 17.1. The smallest absolute Gasteiger partial charge is 0.289 e. The van der Waals surface area contributed by atoms with Gasteiger partial charge in [-0.2, -0.15) is 0 Å². The molecule has 0 aliphatic rings. The molecule has 0 saturated heterocycles. The van der Waals surface area contributed by atoms with Crippen LogP contribution in [0.3, 0.4) is 0 Å². The molecule has 0 aliphatic heterocycles. The third-order valence-corrected chi connectivity index (χ3v) is 3.79. The normalized spacial score (nSPS) is 11.4. The zero-order chi connectivity index (χ0) is 24.2. The second kappa shape index (κ2) is 19.1. The number of hydrogen-bond donors (Lipinski definition) is 5. The van der Waals surface area contributed by atoms with Gasteiger partial charge in [-0.05, 0) is 19.4 Å². The lowest BCUT2D eigenvalue weighted by atomic mass is 10.2. The molecule has 7 N–H and O–H groups in total. The molecule has 0 aliphatic carbocycles. The van der Waals surface area contributed by atoms with E-state index < -0.39 is 29.7 Å². The molecule has 184 valence electrons. The number of ether oxygens (including phenoxy) is 3. The molecule has 0 saturated carbocycles. The van der Waals surface area contributed by atoms with Crippen LogP contribution in [0.25, 0.3) is 0 Å². The molecule has 1 atom stereocenters. The highest BCUT2D eigenvalue weighted by atomic mass is 16.5. The van der Waals surface area contributed by atoms with E-state index in [1.54, 1.807) is 0 Å². The number of carbonyl (C=O) groups is 5. The Balaban J connectivity index is 3.71. The van der Waals surface area contributed by atoms with Gasteiger partial charge in [-0.1, -0.05) is 0 Å². The average molecular weight is 462 g/mol. The summed E-state index contributed by atoms with van der Waals surface area (Å²) < 4.78 is 16.0. The van der Waals surface area contributed by atoms with Crippen molar-refractivity contribution in [2.45, 2.75) is 38.8 Å². The van der Waals surface area contributed by atoms with E-state index in [1.165, 1.54) is 0 Å². The highest BCUT2D eigenvalue weighted by Crippen LogP contribution is 1.92. The highest BCUT2D eigenvalue weighted by molar-refractivity contribution is 6.35. The molecule has 0 spiro atoms. The Morgan fingerprint density at radius 3 is 1.84 bits per heavy atom. The minimum absolute atomic E-state index is 0.125. The summed E-state index contributed by atoms with van der Waals surface area (Å²) in [4.78, 5) is 57.1. The quantitative estimate of drug-likeness (QED) is 0.0726. The van der Waals surface area contributed by atoms with Gasteiger partial charge in [0, 0.05) is 39.5 Å². The van der Waals surface area contributed by atoms with Crippen LogP contribution in [0, 0.1) is 0 Å². The number of primary amides is 1. The zero-order valence-corrected chi connectivity index (χ0v) is 18.5. The minimum atomic E-state index is -1.54. The molecule has 0 aromatic heterocycles. The van der Waals surface area contributed by atoms with Crippen LogP contribution in [-0.2, 0) is 38.2 Å². The number of ketones is 1. The number of nitrogens with two attached hydrogens (primary N) is 2. The van der Waals surface area contributed by atoms with E-state index in [4.69, 9.17) is 25.7 Å². The van der Waals surface area contributed by atoms with Gasteiger partial charge in [0.1, 0.15) is 0 Å². The first-order valence-electron chi connectivity index (χ1n) is 10.4. The van der Waals surface area contributed by atoms with Crippen LogP contribution in [0.1, 0.15) is 32.6 Å². The van der Waals surface area contributed by atoms with Gasteiger partial charge < -0.3 is 41.6 Å². The van der Waals surface area contributed by atoms with Gasteiger partial charge in [-0.25, -0.2) is 0 Å². The third-order valence-electron chi connectivity index (χ3n) is 3.79. The number of amides is 4. The molecular weight excluding hydrogens is 426 g/mol. The zero-order valence-electron chi connectivity index (χ0n) is 18.5. The van der Waals surface area contributed by atoms with Gasteiger partial charge in [-0.15, -0.1) is 0 Å². The Morgan fingerprint density at radius 1 is 0.781 bits per heavy atom. The van der Waals surface area contributed by atoms with E-state index in [-0.39, 0.29) is 18.7 Å². The Morgan fingerprint density at radius 2 is 1.31 bits per heavy atom. The predicted octanol–water partition coefficient (Wildman–Crippen LogP) is -2.70. The van der Waals surface area contributed by atoms with Crippen LogP contribution >= 0.6 is 0 Å². The van der Waals surface area contributed by atoms with Gasteiger partial charge in [0.2, 0.25) is 17.6 Å². The van der Waals surface area contributed by atoms with Crippen LogP contribution in [-0.4, -0.2) is 88.3 Å². The molecule has 0 rings (SSSR count). The first-order chi connectivity index (χ1) is 15.3. The lowest BCUT2D eigenvalue weighted by molar-refractivity contribution is -0.139. The van der Waals surface area contributed by atoms with Gasteiger partial charge in [0.25, 0.3) is 11.8 Å². The lowest BCUT2D eigenvalue weighted by Gasteiger charge is -2.16.